The van der Waals surface area contributed by atoms with Crippen LogP contribution in [-0.4, -0.2) is 25.2 Å². The molecule has 0 radical (unpaired) electrons. The molecule has 0 aromatic heterocycles. The first-order chi connectivity index (χ1) is 12.5. The van der Waals surface area contributed by atoms with Gasteiger partial charge in [0.05, 0.1) is 6.07 Å². The molecule has 0 atom stereocenters. The fourth-order valence-corrected chi connectivity index (χ4v) is 2.26. The molecule has 0 aliphatic heterocycles. The maximum Gasteiger partial charge on any atom is 0.420 e. The van der Waals surface area contributed by atoms with E-state index in [1.807, 2.05) is 26.0 Å². The third-order valence-electron chi connectivity index (χ3n) is 3.40. The third-order valence-corrected chi connectivity index (χ3v) is 3.40. The number of anilines is 2. The maximum atomic E-state index is 12.5. The van der Waals surface area contributed by atoms with E-state index in [-0.39, 0.29) is 18.3 Å². The molecule has 0 spiro atoms. The summed E-state index contributed by atoms with van der Waals surface area (Å²) < 4.78 is 5.37. The number of aryl methyl sites for hydroxylation is 1. The van der Waals surface area contributed by atoms with E-state index in [9.17, 15) is 9.59 Å². The Morgan fingerprint density at radius 1 is 1.19 bits per heavy atom. The van der Waals surface area contributed by atoms with Crippen LogP contribution < -0.4 is 20.3 Å². The number of rotatable bonds is 5. The van der Waals surface area contributed by atoms with Gasteiger partial charge in [0.2, 0.25) is 0 Å². The predicted molar refractivity (Wildman–Crippen MR) is 99.3 cm³/mol. The molecule has 7 nitrogen and oxygen atoms in total. The molecule has 0 aliphatic carbocycles. The van der Waals surface area contributed by atoms with E-state index in [2.05, 4.69) is 10.6 Å². The minimum Gasteiger partial charge on any atom is -0.410 e. The first kappa shape index (κ1) is 18.8. The highest BCUT2D eigenvalue weighted by molar-refractivity contribution is 5.91. The summed E-state index contributed by atoms with van der Waals surface area (Å²) in [5, 5.41) is 14.3. The summed E-state index contributed by atoms with van der Waals surface area (Å²) >= 11 is 0. The molecule has 2 aromatic rings. The number of benzene rings is 2. The molecule has 0 heterocycles. The summed E-state index contributed by atoms with van der Waals surface area (Å²) in [4.78, 5) is 25.3. The number of carbonyl (C=O) groups excluding carboxylic acids is 2. The Labute approximate surface area is 152 Å². The molecular weight excluding hydrogens is 332 g/mol. The van der Waals surface area contributed by atoms with Crippen molar-refractivity contribution < 1.29 is 14.3 Å². The van der Waals surface area contributed by atoms with Crippen molar-refractivity contribution in [3.8, 4) is 11.8 Å². The van der Waals surface area contributed by atoms with Crippen LogP contribution in [0.3, 0.4) is 0 Å². The molecule has 0 bridgehead atoms. The fourth-order valence-electron chi connectivity index (χ4n) is 2.26. The second-order valence-corrected chi connectivity index (χ2v) is 5.46. The number of hydrogen-bond acceptors (Lipinski definition) is 4. The van der Waals surface area contributed by atoms with Crippen LogP contribution in [0, 0.1) is 18.3 Å². The lowest BCUT2D eigenvalue weighted by atomic mass is 10.2. The number of nitriles is 1. The number of nitrogens with zero attached hydrogens (tertiary/aromatic N) is 2. The van der Waals surface area contributed by atoms with E-state index in [0.29, 0.717) is 17.9 Å². The Bertz CT molecular complexity index is 830. The molecule has 2 N–H and O–H groups in total. The normalized spacial score (nSPS) is 9.73. The van der Waals surface area contributed by atoms with Crippen LogP contribution in [0.15, 0.2) is 48.5 Å². The summed E-state index contributed by atoms with van der Waals surface area (Å²) in [6, 6.07) is 15.3. The topological polar surface area (TPSA) is 94.5 Å². The lowest BCUT2D eigenvalue weighted by Gasteiger charge is -2.19. The Balaban J connectivity index is 2.14. The number of ether oxygens (including phenoxy) is 1. The largest absolute Gasteiger partial charge is 0.420 e. The average molecular weight is 352 g/mol. The van der Waals surface area contributed by atoms with Crippen LogP contribution in [0.25, 0.3) is 0 Å². The monoisotopic (exact) mass is 352 g/mol. The van der Waals surface area contributed by atoms with Crippen LogP contribution in [-0.2, 0) is 0 Å². The number of amides is 3. The van der Waals surface area contributed by atoms with Crippen LogP contribution in [0.1, 0.15) is 12.5 Å². The van der Waals surface area contributed by atoms with Gasteiger partial charge in [0.25, 0.3) is 0 Å². The lowest BCUT2D eigenvalue weighted by Crippen LogP contribution is -2.34. The molecule has 0 saturated heterocycles. The minimum absolute atomic E-state index is 0.140. The quantitative estimate of drug-likeness (QED) is 0.803. The van der Waals surface area contributed by atoms with Crippen LogP contribution >= 0.6 is 0 Å². The van der Waals surface area contributed by atoms with Crippen LogP contribution in [0.2, 0.25) is 0 Å². The van der Waals surface area contributed by atoms with Gasteiger partial charge in [-0.2, -0.15) is 5.26 Å². The van der Waals surface area contributed by atoms with Crippen molar-refractivity contribution in [2.45, 2.75) is 13.8 Å². The van der Waals surface area contributed by atoms with Crippen molar-refractivity contribution in [2.24, 2.45) is 0 Å². The van der Waals surface area contributed by atoms with Gasteiger partial charge in [-0.1, -0.05) is 18.2 Å². The van der Waals surface area contributed by atoms with Gasteiger partial charge < -0.3 is 15.4 Å². The molecule has 0 saturated carbocycles. The zero-order valence-corrected chi connectivity index (χ0v) is 14.7. The van der Waals surface area contributed by atoms with Crippen molar-refractivity contribution in [1.82, 2.24) is 5.32 Å². The van der Waals surface area contributed by atoms with E-state index in [1.54, 1.807) is 36.4 Å². The van der Waals surface area contributed by atoms with E-state index >= 15 is 0 Å². The van der Waals surface area contributed by atoms with Gasteiger partial charge in [0.1, 0.15) is 12.3 Å². The van der Waals surface area contributed by atoms with Gasteiger partial charge in [-0.15, -0.1) is 0 Å². The molecule has 3 amide bonds. The van der Waals surface area contributed by atoms with Crippen LogP contribution in [0.4, 0.5) is 21.0 Å². The standard InChI is InChI=1S/C19H20N4O3/c1-3-21-18(24)22-15-7-5-9-17(13-15)26-19(25)23(11-10-20)16-8-4-6-14(2)12-16/h4-9,12-13H,3,11H2,1-2H3,(H2,21,22,24). The van der Waals surface area contributed by atoms with Gasteiger partial charge in [-0.05, 0) is 43.7 Å². The second-order valence-electron chi connectivity index (χ2n) is 5.46. The Morgan fingerprint density at radius 2 is 1.96 bits per heavy atom. The molecule has 0 aliphatic rings. The van der Waals surface area contributed by atoms with Crippen molar-refractivity contribution in [3.63, 3.8) is 0 Å². The Kier molecular flexibility index (Phi) is 6.57. The molecular formula is C19H20N4O3. The smallest absolute Gasteiger partial charge is 0.410 e. The highest BCUT2D eigenvalue weighted by atomic mass is 16.6. The third kappa shape index (κ3) is 5.24. The first-order valence-electron chi connectivity index (χ1n) is 8.11. The summed E-state index contributed by atoms with van der Waals surface area (Å²) in [7, 11) is 0. The van der Waals surface area contributed by atoms with Gasteiger partial charge in [0, 0.05) is 24.0 Å². The van der Waals surface area contributed by atoms with E-state index in [1.165, 1.54) is 11.0 Å². The van der Waals surface area contributed by atoms with E-state index in [4.69, 9.17) is 10.00 Å². The molecule has 26 heavy (non-hydrogen) atoms. The SMILES string of the molecule is CCNC(=O)Nc1cccc(OC(=O)N(CC#N)c2cccc(C)c2)c1. The number of nitrogens with one attached hydrogen (secondary N) is 2. The molecule has 134 valence electrons. The van der Waals surface area contributed by atoms with Crippen molar-refractivity contribution in [1.29, 1.82) is 5.26 Å². The fraction of sp³-hybridized carbons (Fsp3) is 0.211. The molecule has 2 rings (SSSR count). The van der Waals surface area contributed by atoms with E-state index < -0.39 is 6.09 Å². The van der Waals surface area contributed by atoms with Gasteiger partial charge in [-0.3, -0.25) is 4.90 Å². The van der Waals surface area contributed by atoms with Crippen molar-refractivity contribution in [2.75, 3.05) is 23.3 Å². The van der Waals surface area contributed by atoms with E-state index in [0.717, 1.165) is 5.56 Å². The lowest BCUT2D eigenvalue weighted by molar-refractivity contribution is 0.208. The van der Waals surface area contributed by atoms with Gasteiger partial charge >= 0.3 is 12.1 Å². The molecule has 0 unspecified atom stereocenters. The zero-order chi connectivity index (χ0) is 18.9. The minimum atomic E-state index is -0.674. The maximum absolute atomic E-state index is 12.5. The van der Waals surface area contributed by atoms with Crippen LogP contribution in [0.5, 0.6) is 5.75 Å². The molecule has 0 fully saturated rings. The number of urea groups is 1. The Morgan fingerprint density at radius 3 is 2.65 bits per heavy atom. The van der Waals surface area contributed by atoms with Crippen molar-refractivity contribution in [3.05, 3.63) is 54.1 Å². The van der Waals surface area contributed by atoms with Gasteiger partial charge in [-0.25, -0.2) is 9.59 Å². The molecule has 2 aromatic carbocycles. The predicted octanol–water partition coefficient (Wildman–Crippen LogP) is 3.67. The summed E-state index contributed by atoms with van der Waals surface area (Å²) in [5.41, 5.74) is 2.03. The number of carbonyl (C=O) groups is 2. The molecule has 7 heteroatoms. The Hall–Kier alpha value is -3.53. The average Bonchev–Trinajstić information content (AvgIpc) is 2.60. The summed E-state index contributed by atoms with van der Waals surface area (Å²) in [6.45, 7) is 4.07. The highest BCUT2D eigenvalue weighted by Crippen LogP contribution is 2.21. The number of hydrogen-bond donors (Lipinski definition) is 2. The summed E-state index contributed by atoms with van der Waals surface area (Å²) in [6.07, 6.45) is -0.674. The zero-order valence-electron chi connectivity index (χ0n) is 14.7. The first-order valence-corrected chi connectivity index (χ1v) is 8.11. The van der Waals surface area contributed by atoms with Gasteiger partial charge in [0.15, 0.2) is 0 Å². The second kappa shape index (κ2) is 9.08. The highest BCUT2D eigenvalue weighted by Gasteiger charge is 2.18. The summed E-state index contributed by atoms with van der Waals surface area (Å²) in [5.74, 6) is 0.264. The van der Waals surface area contributed by atoms with Crippen molar-refractivity contribution >= 4 is 23.5 Å².